The molecule has 10 rings (SSSR count). The lowest BCUT2D eigenvalue weighted by Gasteiger charge is -2.12. The summed E-state index contributed by atoms with van der Waals surface area (Å²) in [5.41, 5.74) is 9.97. The van der Waals surface area contributed by atoms with Crippen LogP contribution in [0, 0.1) is 0 Å². The van der Waals surface area contributed by atoms with Crippen molar-refractivity contribution in [1.29, 1.82) is 0 Å². The summed E-state index contributed by atoms with van der Waals surface area (Å²) in [6.45, 7) is 4.48. The predicted molar refractivity (Wildman–Crippen MR) is 212 cm³/mol. The van der Waals surface area contributed by atoms with Gasteiger partial charge in [0.2, 0.25) is 0 Å². The number of hydrogen-bond donors (Lipinski definition) is 0. The summed E-state index contributed by atoms with van der Waals surface area (Å²) < 4.78 is 11.5. The van der Waals surface area contributed by atoms with Crippen LogP contribution in [0.15, 0.2) is 166 Å². The fourth-order valence-electron chi connectivity index (χ4n) is 7.63. The summed E-state index contributed by atoms with van der Waals surface area (Å²) in [6, 6.07) is 53.2. The normalized spacial score (nSPS) is 12.3. The zero-order valence-electron chi connectivity index (χ0n) is 27.0. The van der Waals surface area contributed by atoms with Crippen molar-refractivity contribution in [2.45, 2.75) is 6.54 Å². The molecular weight excluding hydrogens is 631 g/mol. The third-order valence-corrected chi connectivity index (χ3v) is 10.9. The van der Waals surface area contributed by atoms with Crippen molar-refractivity contribution in [3.05, 3.63) is 168 Å². The van der Waals surface area contributed by atoms with Crippen molar-refractivity contribution >= 4 is 93.4 Å². The fraction of sp³-hybridized carbons (Fsp3) is 0.0222. The summed E-state index contributed by atoms with van der Waals surface area (Å²) >= 11 is 1.78. The zero-order valence-corrected chi connectivity index (χ0v) is 27.8. The summed E-state index contributed by atoms with van der Waals surface area (Å²) in [6.07, 6.45) is 0. The molecule has 0 fully saturated rings. The van der Waals surface area contributed by atoms with Gasteiger partial charge in [-0.25, -0.2) is 0 Å². The summed E-state index contributed by atoms with van der Waals surface area (Å²) in [5.74, 6) is 0. The Morgan fingerprint density at radius 2 is 1.34 bits per heavy atom. The maximum absolute atomic E-state index is 6.73. The molecule has 0 N–H and O–H groups in total. The topological polar surface area (TPSA) is 42.8 Å². The van der Waals surface area contributed by atoms with Gasteiger partial charge in [0.25, 0.3) is 0 Å². The molecule has 0 spiro atoms. The lowest BCUT2D eigenvalue weighted by atomic mass is 9.97. The van der Waals surface area contributed by atoms with Gasteiger partial charge in [0.1, 0.15) is 11.2 Å². The molecule has 0 aliphatic carbocycles. The van der Waals surface area contributed by atoms with E-state index in [4.69, 9.17) is 9.41 Å². The van der Waals surface area contributed by atoms with E-state index in [9.17, 15) is 0 Å². The Morgan fingerprint density at radius 1 is 0.600 bits per heavy atom. The third kappa shape index (κ3) is 4.30. The van der Waals surface area contributed by atoms with E-state index in [-0.39, 0.29) is 0 Å². The molecule has 7 aromatic carbocycles. The van der Waals surface area contributed by atoms with Gasteiger partial charge in [0.15, 0.2) is 0 Å². The average Bonchev–Trinajstić information content (AvgIpc) is 3.85. The Morgan fingerprint density at radius 3 is 2.18 bits per heavy atom. The second-order valence-electron chi connectivity index (χ2n) is 12.5. The Labute approximate surface area is 291 Å². The van der Waals surface area contributed by atoms with Gasteiger partial charge in [-0.1, -0.05) is 103 Å². The van der Waals surface area contributed by atoms with Crippen LogP contribution in [0.1, 0.15) is 16.7 Å². The fourth-order valence-corrected chi connectivity index (χ4v) is 8.74. The lowest BCUT2D eigenvalue weighted by Crippen LogP contribution is -2.05. The standard InChI is InChI=1S/C45H29N3OS/c1-46-44-34(23-26-39-42(44)32-19-9-11-22-38(32)50-39)43(28-13-4-2-5-14-28)47-27-29-15-12-20-33-41-37(49-45(29)33)25-24-36-40(41)31-18-8-10-21-35(31)48(36)30-16-6-3-7-17-30/h2-26H,1,27H2. The van der Waals surface area contributed by atoms with Crippen LogP contribution in [0.4, 0.5) is 5.69 Å². The van der Waals surface area contributed by atoms with Gasteiger partial charge in [-0.2, -0.15) is 0 Å². The molecule has 0 radical (unpaired) electrons. The van der Waals surface area contributed by atoms with Gasteiger partial charge < -0.3 is 8.98 Å². The Kier molecular flexibility index (Phi) is 6.54. The van der Waals surface area contributed by atoms with Crippen LogP contribution in [0.25, 0.3) is 69.6 Å². The van der Waals surface area contributed by atoms with E-state index in [1.165, 1.54) is 31.1 Å². The minimum atomic E-state index is 0.440. The number of rotatable bonds is 6. The summed E-state index contributed by atoms with van der Waals surface area (Å²) in [5, 5.41) is 6.94. The van der Waals surface area contributed by atoms with E-state index in [2.05, 4.69) is 162 Å². The van der Waals surface area contributed by atoms with Crippen molar-refractivity contribution in [1.82, 2.24) is 4.57 Å². The SMILES string of the molecule is C=Nc1c(C(=NCc2cccc3c2oc2ccc4c(c5ccccc5n4-c4ccccc4)c23)c2ccccc2)ccc2sc3ccccc3c12. The molecule has 236 valence electrons. The average molecular weight is 660 g/mol. The molecule has 0 saturated carbocycles. The number of benzene rings is 7. The van der Waals surface area contributed by atoms with Gasteiger partial charge in [-0.05, 0) is 55.2 Å². The molecule has 0 bridgehead atoms. The quantitative estimate of drug-likeness (QED) is 0.164. The second-order valence-corrected chi connectivity index (χ2v) is 13.6. The van der Waals surface area contributed by atoms with Gasteiger partial charge in [0.05, 0.1) is 29.0 Å². The van der Waals surface area contributed by atoms with E-state index in [0.29, 0.717) is 6.54 Å². The van der Waals surface area contributed by atoms with Crippen molar-refractivity contribution < 1.29 is 4.42 Å². The maximum Gasteiger partial charge on any atom is 0.140 e. The highest BCUT2D eigenvalue weighted by Gasteiger charge is 2.21. The number of aromatic nitrogens is 1. The lowest BCUT2D eigenvalue weighted by molar-refractivity contribution is 0.663. The molecule has 0 unspecified atom stereocenters. The number of thiophene rings is 1. The first-order valence-corrected chi connectivity index (χ1v) is 17.5. The molecule has 0 amide bonds. The number of furan rings is 1. The maximum atomic E-state index is 6.73. The molecule has 0 aliphatic heterocycles. The van der Waals surface area contributed by atoms with Crippen molar-refractivity contribution in [3.8, 4) is 5.69 Å². The minimum absolute atomic E-state index is 0.440. The monoisotopic (exact) mass is 659 g/mol. The van der Waals surface area contributed by atoms with Gasteiger partial charge >= 0.3 is 0 Å². The second kappa shape index (κ2) is 11.4. The molecular formula is C45H29N3OS. The first kappa shape index (κ1) is 28.7. The summed E-state index contributed by atoms with van der Waals surface area (Å²) in [7, 11) is 0. The largest absolute Gasteiger partial charge is 0.456 e. The van der Waals surface area contributed by atoms with E-state index < -0.39 is 0 Å². The number of nitrogens with zero attached hydrogens (tertiary/aromatic N) is 3. The molecule has 5 heteroatoms. The molecule has 10 aromatic rings. The van der Waals surface area contributed by atoms with Gasteiger partial charge in [-0.3, -0.25) is 9.98 Å². The van der Waals surface area contributed by atoms with Crippen LogP contribution in [0.2, 0.25) is 0 Å². The first-order valence-electron chi connectivity index (χ1n) is 16.7. The number of fused-ring (bicyclic) bond motifs is 10. The van der Waals surface area contributed by atoms with E-state index in [1.807, 2.05) is 6.07 Å². The van der Waals surface area contributed by atoms with E-state index in [1.54, 1.807) is 11.3 Å². The van der Waals surface area contributed by atoms with Crippen molar-refractivity contribution in [3.63, 3.8) is 0 Å². The molecule has 0 aliphatic rings. The van der Waals surface area contributed by atoms with Crippen molar-refractivity contribution in [2.75, 3.05) is 0 Å². The van der Waals surface area contributed by atoms with Crippen molar-refractivity contribution in [2.24, 2.45) is 9.98 Å². The van der Waals surface area contributed by atoms with Crippen LogP contribution in [0.3, 0.4) is 0 Å². The first-order chi connectivity index (χ1) is 24.8. The van der Waals surface area contributed by atoms with Crippen LogP contribution in [0.5, 0.6) is 0 Å². The van der Waals surface area contributed by atoms with E-state index >= 15 is 0 Å². The highest BCUT2D eigenvalue weighted by Crippen LogP contribution is 2.43. The molecule has 4 nitrogen and oxygen atoms in total. The Balaban J connectivity index is 1.18. The zero-order chi connectivity index (χ0) is 33.2. The van der Waals surface area contributed by atoms with E-state index in [0.717, 1.165) is 66.6 Å². The smallest absolute Gasteiger partial charge is 0.140 e. The molecule has 0 atom stereocenters. The number of hydrogen-bond acceptors (Lipinski definition) is 4. The summed E-state index contributed by atoms with van der Waals surface area (Å²) in [4.78, 5) is 9.99. The predicted octanol–water partition coefficient (Wildman–Crippen LogP) is 12.4. The van der Waals surface area contributed by atoms with Gasteiger partial charge in [-0.15, -0.1) is 11.3 Å². The van der Waals surface area contributed by atoms with Crippen LogP contribution in [-0.4, -0.2) is 17.0 Å². The molecule has 50 heavy (non-hydrogen) atoms. The minimum Gasteiger partial charge on any atom is -0.456 e. The Bertz CT molecular complexity index is 2970. The highest BCUT2D eigenvalue weighted by molar-refractivity contribution is 7.26. The van der Waals surface area contributed by atoms with Crippen LogP contribution in [-0.2, 0) is 6.54 Å². The number of para-hydroxylation sites is 3. The van der Waals surface area contributed by atoms with Gasteiger partial charge in [0, 0.05) is 64.1 Å². The molecule has 0 saturated heterocycles. The highest BCUT2D eigenvalue weighted by atomic mass is 32.1. The van der Waals surface area contributed by atoms with Crippen LogP contribution >= 0.6 is 11.3 Å². The molecule has 3 heterocycles. The Hall–Kier alpha value is -6.30. The molecule has 3 aromatic heterocycles. The number of aliphatic imine (C=N–C) groups is 2. The third-order valence-electron chi connectivity index (χ3n) is 9.78. The van der Waals surface area contributed by atoms with Crippen LogP contribution < -0.4 is 0 Å².